The Balaban J connectivity index is 3.23. The molecule has 0 saturated carbocycles. The van der Waals surface area contributed by atoms with E-state index in [9.17, 15) is 4.39 Å². The molecule has 0 fully saturated rings. The van der Waals surface area contributed by atoms with Crippen molar-refractivity contribution in [3.63, 3.8) is 0 Å². The first kappa shape index (κ1) is 10.3. The highest BCUT2D eigenvalue weighted by Gasteiger charge is 1.86. The second-order valence-corrected chi connectivity index (χ2v) is 2.22. The monoisotopic (exact) mass is 158 g/mol. The molecule has 0 aliphatic carbocycles. The van der Waals surface area contributed by atoms with Crippen molar-refractivity contribution in [3.8, 4) is 0 Å². The van der Waals surface area contributed by atoms with E-state index in [-0.39, 0.29) is 6.67 Å². The van der Waals surface area contributed by atoms with Crippen LogP contribution >= 0.6 is 0 Å². The molecule has 11 heavy (non-hydrogen) atoms. The van der Waals surface area contributed by atoms with Crippen molar-refractivity contribution in [1.82, 2.24) is 10.9 Å². The van der Waals surface area contributed by atoms with Gasteiger partial charge in [-0.15, -0.1) is 0 Å². The minimum Gasteiger partial charge on any atom is -0.255 e. The van der Waals surface area contributed by atoms with Crippen molar-refractivity contribution in [1.29, 1.82) is 0 Å². The SMILES string of the molecule is C=C/C=C(\C)CNNCCF. The summed E-state index contributed by atoms with van der Waals surface area (Å²) in [6.07, 6.45) is 3.64. The molecule has 64 valence electrons. The van der Waals surface area contributed by atoms with Crippen LogP contribution in [0.4, 0.5) is 4.39 Å². The van der Waals surface area contributed by atoms with Crippen molar-refractivity contribution in [3.05, 3.63) is 24.3 Å². The lowest BCUT2D eigenvalue weighted by atomic mass is 10.3. The van der Waals surface area contributed by atoms with E-state index in [1.165, 1.54) is 0 Å². The number of hydrazine groups is 1. The van der Waals surface area contributed by atoms with E-state index in [1.54, 1.807) is 6.08 Å². The molecule has 0 aromatic rings. The average molecular weight is 158 g/mol. The fraction of sp³-hybridized carbons (Fsp3) is 0.500. The number of hydrogen-bond acceptors (Lipinski definition) is 2. The lowest BCUT2D eigenvalue weighted by Gasteiger charge is -2.03. The maximum atomic E-state index is 11.5. The lowest BCUT2D eigenvalue weighted by Crippen LogP contribution is -2.34. The molecular weight excluding hydrogens is 143 g/mol. The molecule has 0 aromatic carbocycles. The third kappa shape index (κ3) is 7.22. The van der Waals surface area contributed by atoms with Crippen LogP contribution in [0.1, 0.15) is 6.92 Å². The molecule has 0 heterocycles. The van der Waals surface area contributed by atoms with Gasteiger partial charge in [0.05, 0.1) is 0 Å². The number of nitrogens with one attached hydrogen (secondary N) is 2. The Morgan fingerprint density at radius 2 is 2.27 bits per heavy atom. The normalized spacial score (nSPS) is 11.6. The topological polar surface area (TPSA) is 24.1 Å². The largest absolute Gasteiger partial charge is 0.255 e. The van der Waals surface area contributed by atoms with Crippen LogP contribution in [-0.4, -0.2) is 19.8 Å². The van der Waals surface area contributed by atoms with Crippen LogP contribution in [0.15, 0.2) is 24.3 Å². The molecular formula is C8H15FN2. The highest BCUT2D eigenvalue weighted by molar-refractivity contribution is 5.08. The van der Waals surface area contributed by atoms with Crippen LogP contribution in [-0.2, 0) is 0 Å². The second kappa shape index (κ2) is 7.44. The summed E-state index contributed by atoms with van der Waals surface area (Å²) in [5.74, 6) is 0. The first-order valence-electron chi connectivity index (χ1n) is 3.61. The van der Waals surface area contributed by atoms with E-state index in [4.69, 9.17) is 0 Å². The highest BCUT2D eigenvalue weighted by Crippen LogP contribution is 1.87. The molecule has 0 rings (SSSR count). The molecule has 0 spiro atoms. The van der Waals surface area contributed by atoms with Crippen LogP contribution in [0.25, 0.3) is 0 Å². The molecule has 0 aliphatic heterocycles. The summed E-state index contributed by atoms with van der Waals surface area (Å²) < 4.78 is 11.5. The van der Waals surface area contributed by atoms with Crippen LogP contribution in [0, 0.1) is 0 Å². The fourth-order valence-electron chi connectivity index (χ4n) is 0.598. The van der Waals surface area contributed by atoms with Gasteiger partial charge in [0.25, 0.3) is 0 Å². The first-order valence-corrected chi connectivity index (χ1v) is 3.61. The summed E-state index contributed by atoms with van der Waals surface area (Å²) >= 11 is 0. The van der Waals surface area contributed by atoms with Gasteiger partial charge in [0.2, 0.25) is 0 Å². The number of rotatable bonds is 6. The van der Waals surface area contributed by atoms with Gasteiger partial charge >= 0.3 is 0 Å². The van der Waals surface area contributed by atoms with Crippen LogP contribution in [0.2, 0.25) is 0 Å². The standard InChI is InChI=1S/C8H15FN2/c1-3-4-8(2)7-11-10-6-5-9/h3-4,10-11H,1,5-7H2,2H3/b8-4+. The minimum atomic E-state index is -0.350. The quantitative estimate of drug-likeness (QED) is 0.344. The zero-order valence-corrected chi connectivity index (χ0v) is 6.86. The van der Waals surface area contributed by atoms with Gasteiger partial charge < -0.3 is 0 Å². The van der Waals surface area contributed by atoms with Crippen molar-refractivity contribution < 1.29 is 4.39 Å². The van der Waals surface area contributed by atoms with Crippen molar-refractivity contribution in [2.75, 3.05) is 19.8 Å². The maximum absolute atomic E-state index is 11.5. The van der Waals surface area contributed by atoms with Crippen LogP contribution in [0.3, 0.4) is 0 Å². The van der Waals surface area contributed by atoms with Gasteiger partial charge in [-0.05, 0) is 6.92 Å². The summed E-state index contributed by atoms with van der Waals surface area (Å²) in [4.78, 5) is 0. The molecule has 2 nitrogen and oxygen atoms in total. The summed E-state index contributed by atoms with van der Waals surface area (Å²) in [6, 6.07) is 0. The predicted molar refractivity (Wildman–Crippen MR) is 45.9 cm³/mol. The Hall–Kier alpha value is -0.670. The molecule has 0 atom stereocenters. The van der Waals surface area contributed by atoms with Gasteiger partial charge in [-0.3, -0.25) is 10.9 Å². The lowest BCUT2D eigenvalue weighted by molar-refractivity contribution is 0.438. The van der Waals surface area contributed by atoms with Gasteiger partial charge in [-0.2, -0.15) is 0 Å². The maximum Gasteiger partial charge on any atom is 0.103 e. The average Bonchev–Trinajstić information content (AvgIpc) is 1.99. The summed E-state index contributed by atoms with van der Waals surface area (Å²) in [6.45, 7) is 6.25. The number of allylic oxidation sites excluding steroid dienone is 2. The van der Waals surface area contributed by atoms with Gasteiger partial charge in [0.15, 0.2) is 0 Å². The second-order valence-electron chi connectivity index (χ2n) is 2.22. The van der Waals surface area contributed by atoms with Gasteiger partial charge in [-0.1, -0.05) is 24.3 Å². The fourth-order valence-corrected chi connectivity index (χ4v) is 0.598. The van der Waals surface area contributed by atoms with Gasteiger partial charge in [0.1, 0.15) is 6.67 Å². The zero-order chi connectivity index (χ0) is 8.53. The van der Waals surface area contributed by atoms with E-state index in [0.29, 0.717) is 13.1 Å². The molecule has 0 aromatic heterocycles. The van der Waals surface area contributed by atoms with Crippen molar-refractivity contribution in [2.45, 2.75) is 6.92 Å². The Labute approximate surface area is 67.2 Å². The smallest absolute Gasteiger partial charge is 0.103 e. The van der Waals surface area contributed by atoms with Crippen molar-refractivity contribution in [2.24, 2.45) is 0 Å². The molecule has 0 unspecified atom stereocenters. The molecule has 2 N–H and O–H groups in total. The van der Waals surface area contributed by atoms with Crippen LogP contribution < -0.4 is 10.9 Å². The first-order chi connectivity index (χ1) is 5.31. The van der Waals surface area contributed by atoms with E-state index < -0.39 is 0 Å². The van der Waals surface area contributed by atoms with E-state index in [0.717, 1.165) is 5.57 Å². The molecule has 0 radical (unpaired) electrons. The molecule has 0 aliphatic rings. The Morgan fingerprint density at radius 3 is 2.82 bits per heavy atom. The predicted octanol–water partition coefficient (Wildman–Crippen LogP) is 1.18. The van der Waals surface area contributed by atoms with Gasteiger partial charge in [-0.25, -0.2) is 4.39 Å². The van der Waals surface area contributed by atoms with E-state index >= 15 is 0 Å². The van der Waals surface area contributed by atoms with E-state index in [2.05, 4.69) is 17.4 Å². The zero-order valence-electron chi connectivity index (χ0n) is 6.86. The highest BCUT2D eigenvalue weighted by atomic mass is 19.1. The Kier molecular flexibility index (Phi) is 6.98. The number of alkyl halides is 1. The Morgan fingerprint density at radius 1 is 1.55 bits per heavy atom. The third-order valence-electron chi connectivity index (χ3n) is 1.11. The molecule has 0 saturated heterocycles. The summed E-state index contributed by atoms with van der Waals surface area (Å²) in [5, 5.41) is 0. The summed E-state index contributed by atoms with van der Waals surface area (Å²) in [5.41, 5.74) is 6.75. The Bertz CT molecular complexity index is 132. The molecule has 0 bridgehead atoms. The van der Waals surface area contributed by atoms with E-state index in [1.807, 2.05) is 13.0 Å². The molecule has 3 heteroatoms. The van der Waals surface area contributed by atoms with Gasteiger partial charge in [0, 0.05) is 13.1 Å². The molecule has 0 amide bonds. The van der Waals surface area contributed by atoms with Crippen molar-refractivity contribution >= 4 is 0 Å². The number of hydrogen-bond donors (Lipinski definition) is 2. The minimum absolute atomic E-state index is 0.349. The third-order valence-corrected chi connectivity index (χ3v) is 1.11. The summed E-state index contributed by atoms with van der Waals surface area (Å²) in [7, 11) is 0. The number of halogens is 1. The van der Waals surface area contributed by atoms with Crippen LogP contribution in [0.5, 0.6) is 0 Å².